The molecule has 8 rings (SSSR count). The fourth-order valence-electron chi connectivity index (χ4n) is 8.19. The summed E-state index contributed by atoms with van der Waals surface area (Å²) in [5, 5.41) is 11.9. The molecule has 0 radical (unpaired) electrons. The predicted molar refractivity (Wildman–Crippen MR) is 156 cm³/mol. The van der Waals surface area contributed by atoms with E-state index in [-0.39, 0.29) is 35.6 Å². The van der Waals surface area contributed by atoms with Crippen molar-refractivity contribution >= 4 is 28.2 Å². The maximum absolute atomic E-state index is 15.0. The molecule has 0 bridgehead atoms. The van der Waals surface area contributed by atoms with Crippen LogP contribution in [0.1, 0.15) is 47.8 Å². The SMILES string of the molecule is CCc1c(F)ccc2cc(O)cc(N3Cc4nc(OCC56CCCN5CC(F)C6)nc(N5CC6COCC6C5)c4C3=O)c12. The molecule has 1 N–H and O–H groups in total. The number of rotatable bonds is 6. The molecule has 1 aromatic heterocycles. The van der Waals surface area contributed by atoms with Crippen LogP contribution in [0.3, 0.4) is 0 Å². The first-order chi connectivity index (χ1) is 20.8. The van der Waals surface area contributed by atoms with Gasteiger partial charge in [0, 0.05) is 49.3 Å². The molecule has 5 aliphatic rings. The molecule has 2 aromatic carbocycles. The maximum Gasteiger partial charge on any atom is 0.318 e. The molecule has 226 valence electrons. The number of halogens is 2. The molecule has 4 fully saturated rings. The lowest BCUT2D eigenvalue weighted by atomic mass is 9.95. The summed E-state index contributed by atoms with van der Waals surface area (Å²) in [5.74, 6) is 0.599. The molecule has 1 amide bonds. The second-order valence-electron chi connectivity index (χ2n) is 12.8. The zero-order valence-corrected chi connectivity index (χ0v) is 24.2. The number of alkyl halides is 1. The molecule has 0 spiro atoms. The van der Waals surface area contributed by atoms with E-state index in [1.165, 1.54) is 12.1 Å². The Kier molecular flexibility index (Phi) is 6.27. The number of amides is 1. The van der Waals surface area contributed by atoms with E-state index in [0.29, 0.717) is 103 Å². The van der Waals surface area contributed by atoms with Crippen molar-refractivity contribution in [2.75, 3.05) is 55.8 Å². The zero-order valence-electron chi connectivity index (χ0n) is 24.2. The van der Waals surface area contributed by atoms with Gasteiger partial charge < -0.3 is 24.4 Å². The summed E-state index contributed by atoms with van der Waals surface area (Å²) < 4.78 is 41.3. The maximum atomic E-state index is 15.0. The van der Waals surface area contributed by atoms with Crippen LogP contribution in [-0.4, -0.2) is 83.6 Å². The highest BCUT2D eigenvalue weighted by molar-refractivity contribution is 6.16. The number of anilines is 2. The van der Waals surface area contributed by atoms with E-state index in [2.05, 4.69) is 9.80 Å². The third-order valence-electron chi connectivity index (χ3n) is 10.3. The normalized spacial score (nSPS) is 28.3. The van der Waals surface area contributed by atoms with Crippen LogP contribution in [0.5, 0.6) is 11.8 Å². The number of benzene rings is 2. The van der Waals surface area contributed by atoms with E-state index in [4.69, 9.17) is 19.4 Å². The average molecular weight is 592 g/mol. The van der Waals surface area contributed by atoms with E-state index in [0.717, 1.165) is 19.4 Å². The van der Waals surface area contributed by atoms with Crippen molar-refractivity contribution < 1.29 is 28.2 Å². The summed E-state index contributed by atoms with van der Waals surface area (Å²) in [6.07, 6.45) is 1.87. The van der Waals surface area contributed by atoms with Crippen LogP contribution in [0.2, 0.25) is 0 Å². The Morgan fingerprint density at radius 3 is 2.77 bits per heavy atom. The highest BCUT2D eigenvalue weighted by Crippen LogP contribution is 2.44. The van der Waals surface area contributed by atoms with E-state index < -0.39 is 6.17 Å². The number of phenols is 1. The minimum absolute atomic E-state index is 0.00859. The first-order valence-electron chi connectivity index (χ1n) is 15.3. The van der Waals surface area contributed by atoms with Crippen LogP contribution >= 0.6 is 0 Å². The average Bonchev–Trinajstić information content (AvgIpc) is 3.78. The van der Waals surface area contributed by atoms with Crippen LogP contribution in [0.4, 0.5) is 20.3 Å². The summed E-state index contributed by atoms with van der Waals surface area (Å²) in [5.41, 5.74) is 1.51. The van der Waals surface area contributed by atoms with Crippen molar-refractivity contribution in [3.8, 4) is 11.8 Å². The van der Waals surface area contributed by atoms with Gasteiger partial charge in [-0.3, -0.25) is 9.69 Å². The predicted octanol–water partition coefficient (Wildman–Crippen LogP) is 4.24. The summed E-state index contributed by atoms with van der Waals surface area (Å²) in [6, 6.07) is 6.31. The van der Waals surface area contributed by atoms with Crippen molar-refractivity contribution in [2.24, 2.45) is 11.8 Å². The van der Waals surface area contributed by atoms with Crippen LogP contribution < -0.4 is 14.5 Å². The highest BCUT2D eigenvalue weighted by Gasteiger charge is 2.50. The molecule has 43 heavy (non-hydrogen) atoms. The molecule has 5 aliphatic heterocycles. The first-order valence-corrected chi connectivity index (χ1v) is 15.3. The van der Waals surface area contributed by atoms with Gasteiger partial charge in [-0.15, -0.1) is 0 Å². The second kappa shape index (κ2) is 9.99. The Morgan fingerprint density at radius 2 is 1.98 bits per heavy atom. The lowest BCUT2D eigenvalue weighted by molar-refractivity contribution is 0.0996. The number of aromatic hydroxyl groups is 1. The smallest absolute Gasteiger partial charge is 0.318 e. The van der Waals surface area contributed by atoms with Crippen molar-refractivity contribution in [3.63, 3.8) is 0 Å². The number of aromatic nitrogens is 2. The number of aryl methyl sites for hydroxylation is 1. The van der Waals surface area contributed by atoms with Gasteiger partial charge in [0.05, 0.1) is 36.7 Å². The number of carbonyl (C=O) groups excluding carboxylic acids is 1. The van der Waals surface area contributed by atoms with Gasteiger partial charge in [-0.2, -0.15) is 9.97 Å². The largest absolute Gasteiger partial charge is 0.508 e. The highest BCUT2D eigenvalue weighted by atomic mass is 19.1. The Labute approximate surface area is 248 Å². The van der Waals surface area contributed by atoms with Crippen molar-refractivity contribution in [2.45, 2.75) is 50.9 Å². The molecule has 9 nitrogen and oxygen atoms in total. The van der Waals surface area contributed by atoms with Gasteiger partial charge in [-0.25, -0.2) is 8.78 Å². The molecule has 4 atom stereocenters. The minimum Gasteiger partial charge on any atom is -0.508 e. The molecule has 4 unspecified atom stereocenters. The van der Waals surface area contributed by atoms with E-state index >= 15 is 0 Å². The van der Waals surface area contributed by atoms with Crippen LogP contribution in [-0.2, 0) is 17.7 Å². The summed E-state index contributed by atoms with van der Waals surface area (Å²) in [4.78, 5) is 29.7. The molecular formula is C32H35F2N5O4. The lowest BCUT2D eigenvalue weighted by Gasteiger charge is -2.31. The van der Waals surface area contributed by atoms with Crippen molar-refractivity contribution in [1.29, 1.82) is 0 Å². The number of carbonyl (C=O) groups is 1. The number of hydrogen-bond donors (Lipinski definition) is 1. The number of hydrogen-bond acceptors (Lipinski definition) is 8. The van der Waals surface area contributed by atoms with E-state index in [1.54, 1.807) is 17.0 Å². The third-order valence-corrected chi connectivity index (χ3v) is 10.3. The first kappa shape index (κ1) is 27.0. The van der Waals surface area contributed by atoms with Crippen molar-refractivity contribution in [3.05, 3.63) is 46.9 Å². The van der Waals surface area contributed by atoms with Gasteiger partial charge in [0.25, 0.3) is 5.91 Å². The zero-order chi connectivity index (χ0) is 29.5. The molecule has 3 aromatic rings. The minimum atomic E-state index is -0.868. The standard InChI is InChI=1S/C32H35F2N5O4/c1-2-23-24(34)5-4-18-8-22(40)9-26(27(18)23)39-14-25-28(30(39)41)29(37-11-19-15-42-16-20(19)12-37)36-31(35-25)43-17-32-6-3-7-38(32)13-21(33)10-32/h4-5,8-9,19-21,40H,2-3,6-7,10-17H2,1H3. The Balaban J connectivity index is 1.19. The Morgan fingerprint density at radius 1 is 1.16 bits per heavy atom. The molecule has 0 aliphatic carbocycles. The van der Waals surface area contributed by atoms with Gasteiger partial charge >= 0.3 is 6.01 Å². The molecule has 11 heteroatoms. The van der Waals surface area contributed by atoms with E-state index in [1.807, 2.05) is 6.92 Å². The second-order valence-corrected chi connectivity index (χ2v) is 12.8. The number of ether oxygens (including phenoxy) is 2. The number of nitrogens with zero attached hydrogens (tertiary/aromatic N) is 5. The van der Waals surface area contributed by atoms with Crippen LogP contribution in [0, 0.1) is 17.7 Å². The monoisotopic (exact) mass is 591 g/mol. The topological polar surface area (TPSA) is 91.3 Å². The van der Waals surface area contributed by atoms with Crippen molar-refractivity contribution in [1.82, 2.24) is 14.9 Å². The van der Waals surface area contributed by atoms with Gasteiger partial charge in [0.1, 0.15) is 35.7 Å². The van der Waals surface area contributed by atoms with Gasteiger partial charge in [0.15, 0.2) is 0 Å². The Bertz CT molecular complexity index is 1630. The van der Waals surface area contributed by atoms with Gasteiger partial charge in [0.2, 0.25) is 0 Å². The number of phenolic OH excluding ortho intramolecular Hbond substituents is 1. The fraction of sp³-hybridized carbons (Fsp3) is 0.531. The third kappa shape index (κ3) is 4.26. The molecular weight excluding hydrogens is 556 g/mol. The summed E-state index contributed by atoms with van der Waals surface area (Å²) >= 11 is 0. The Hall–Kier alpha value is -3.57. The summed E-state index contributed by atoms with van der Waals surface area (Å²) in [7, 11) is 0. The molecule has 4 saturated heterocycles. The fourth-order valence-corrected chi connectivity index (χ4v) is 8.19. The summed E-state index contributed by atoms with van der Waals surface area (Å²) in [6.45, 7) is 6.37. The molecule has 0 saturated carbocycles. The van der Waals surface area contributed by atoms with Gasteiger partial charge in [-0.1, -0.05) is 13.0 Å². The van der Waals surface area contributed by atoms with Crippen LogP contribution in [0.25, 0.3) is 10.8 Å². The van der Waals surface area contributed by atoms with Gasteiger partial charge in [-0.05, 0) is 48.9 Å². The van der Waals surface area contributed by atoms with E-state index in [9.17, 15) is 18.7 Å². The molecule has 6 heterocycles. The lowest BCUT2D eigenvalue weighted by Crippen LogP contribution is -2.43. The van der Waals surface area contributed by atoms with Crippen LogP contribution in [0.15, 0.2) is 24.3 Å². The number of fused-ring (bicyclic) bond motifs is 4. The quantitative estimate of drug-likeness (QED) is 0.456.